The molecule has 1 amide bonds. The number of hydrazine groups is 1. The summed E-state index contributed by atoms with van der Waals surface area (Å²) < 4.78 is 114. The van der Waals surface area contributed by atoms with Gasteiger partial charge in [0.05, 0.1) is 42.7 Å². The maximum Gasteiger partial charge on any atom is 0.435 e. The highest BCUT2D eigenvalue weighted by Crippen LogP contribution is 2.36. The number of benzene rings is 2. The fourth-order valence-electron chi connectivity index (χ4n) is 7.19. The number of hydrogen-bond donors (Lipinski definition) is 5. The zero-order valence-corrected chi connectivity index (χ0v) is 41.6. The second kappa shape index (κ2) is 22.8. The zero-order chi connectivity index (χ0) is 55.9. The number of aromatic nitrogens is 10. The number of pyridine rings is 2. The third kappa shape index (κ3) is 12.4. The SMILES string of the molecule is COc1cc(Nc2ncc(-c3cnc(OC)c(C(=O)NN)c3)c(-n3nc(C(F)(F)F)cc3C)n2)cc(OC)c1.COc1cc(Nc2ncc(-c3cnc(OC)c(C(=O)O)c3)c(-n3nc(C(F)(F)F)cc3C)n2)cc(OC)c1. The van der Waals surface area contributed by atoms with E-state index in [9.17, 15) is 41.0 Å². The van der Waals surface area contributed by atoms with Crippen LogP contribution >= 0.6 is 0 Å². The fraction of sp³-hybridized carbons (Fsp3) is 0.208. The molecule has 8 rings (SSSR count). The first-order valence-electron chi connectivity index (χ1n) is 22.0. The molecule has 77 heavy (non-hydrogen) atoms. The molecule has 0 aliphatic carbocycles. The molecule has 23 nitrogen and oxygen atoms in total. The van der Waals surface area contributed by atoms with E-state index < -0.39 is 35.6 Å². The minimum absolute atomic E-state index is 0.0101. The van der Waals surface area contributed by atoms with E-state index in [1.54, 1.807) is 36.4 Å². The number of carboxylic acid groups (broad SMARTS) is 1. The van der Waals surface area contributed by atoms with Gasteiger partial charge in [-0.15, -0.1) is 0 Å². The number of anilines is 4. The van der Waals surface area contributed by atoms with Crippen molar-refractivity contribution in [1.29, 1.82) is 0 Å². The van der Waals surface area contributed by atoms with Crippen LogP contribution in [0.2, 0.25) is 0 Å². The first-order valence-corrected chi connectivity index (χ1v) is 22.0. The van der Waals surface area contributed by atoms with E-state index >= 15 is 0 Å². The zero-order valence-electron chi connectivity index (χ0n) is 41.6. The van der Waals surface area contributed by atoms with Crippen LogP contribution in [0, 0.1) is 13.8 Å². The van der Waals surface area contributed by atoms with Crippen LogP contribution in [0.25, 0.3) is 33.9 Å². The summed E-state index contributed by atoms with van der Waals surface area (Å²) in [5, 5.41) is 23.0. The minimum Gasteiger partial charge on any atom is -0.497 e. The molecule has 0 unspecified atom stereocenters. The molecule has 402 valence electrons. The number of carbonyl (C=O) groups is 2. The van der Waals surface area contributed by atoms with Crippen molar-refractivity contribution in [1.82, 2.24) is 54.9 Å². The van der Waals surface area contributed by atoms with Crippen molar-refractivity contribution in [2.75, 3.05) is 53.3 Å². The number of methoxy groups -OCH3 is 6. The Bertz CT molecular complexity index is 3440. The number of alkyl halides is 6. The molecule has 0 spiro atoms. The van der Waals surface area contributed by atoms with Crippen molar-refractivity contribution in [2.45, 2.75) is 26.2 Å². The molecule has 0 aliphatic heterocycles. The average Bonchev–Trinajstić information content (AvgIpc) is 4.05. The molecule has 0 radical (unpaired) electrons. The first-order chi connectivity index (χ1) is 36.6. The third-order valence-electron chi connectivity index (χ3n) is 10.8. The lowest BCUT2D eigenvalue weighted by Crippen LogP contribution is -2.30. The van der Waals surface area contributed by atoms with Crippen LogP contribution < -0.4 is 50.3 Å². The van der Waals surface area contributed by atoms with E-state index in [4.69, 9.17) is 34.3 Å². The van der Waals surface area contributed by atoms with Crippen LogP contribution in [0.3, 0.4) is 0 Å². The van der Waals surface area contributed by atoms with Gasteiger partial charge in [0.15, 0.2) is 23.0 Å². The number of hydrogen-bond acceptors (Lipinski definition) is 19. The van der Waals surface area contributed by atoms with Crippen molar-refractivity contribution in [2.24, 2.45) is 5.84 Å². The number of rotatable bonds is 16. The number of ether oxygens (including phenoxy) is 6. The van der Waals surface area contributed by atoms with E-state index in [-0.39, 0.29) is 74.5 Å². The molecule has 0 saturated carbocycles. The number of nitrogens with one attached hydrogen (secondary N) is 3. The first kappa shape index (κ1) is 55.0. The van der Waals surface area contributed by atoms with Gasteiger partial charge in [-0.1, -0.05) is 0 Å². The Morgan fingerprint density at radius 3 is 1.23 bits per heavy atom. The van der Waals surface area contributed by atoms with Crippen molar-refractivity contribution in [3.05, 3.63) is 119 Å². The summed E-state index contributed by atoms with van der Waals surface area (Å²) in [7, 11) is 8.53. The van der Waals surface area contributed by atoms with Gasteiger partial charge in [0, 0.05) is 106 Å². The number of amides is 1. The lowest BCUT2D eigenvalue weighted by atomic mass is 10.1. The van der Waals surface area contributed by atoms with Gasteiger partial charge in [-0.2, -0.15) is 46.5 Å². The van der Waals surface area contributed by atoms with Crippen molar-refractivity contribution in [3.8, 4) is 68.6 Å². The van der Waals surface area contributed by atoms with Crippen molar-refractivity contribution < 1.29 is 69.5 Å². The molecule has 0 atom stereocenters. The lowest BCUT2D eigenvalue weighted by molar-refractivity contribution is -0.142. The monoisotopic (exact) mass is 1070 g/mol. The average molecular weight is 1070 g/mol. The molecule has 8 aromatic rings. The number of carbonyl (C=O) groups excluding carboxylic acids is 1. The number of nitrogens with two attached hydrogens (primary N) is 1. The maximum absolute atomic E-state index is 13.5. The van der Waals surface area contributed by atoms with Crippen LogP contribution in [-0.4, -0.2) is 109 Å². The number of halogens is 6. The Morgan fingerprint density at radius 2 is 0.909 bits per heavy atom. The summed E-state index contributed by atoms with van der Waals surface area (Å²) in [6.07, 6.45) is -4.03. The van der Waals surface area contributed by atoms with E-state index in [1.165, 1.54) is 93.4 Å². The fourth-order valence-corrected chi connectivity index (χ4v) is 7.19. The third-order valence-corrected chi connectivity index (χ3v) is 10.8. The molecule has 2 aromatic carbocycles. The molecule has 0 aliphatic rings. The van der Waals surface area contributed by atoms with Gasteiger partial charge in [-0.25, -0.2) is 39.9 Å². The standard InChI is InChI=1S/C24H23F3N8O4.C24H21F3N6O5/c1-12-5-19(24(25,26)27)34-35(12)20-18(13-6-17(21(36)33-28)22(39-4)29-10-13)11-30-23(32-20)31-14-7-15(37-2)9-16(8-14)38-3;1-12-5-19(24(25,26)27)32-33(12)20-18(13-6-17(22(34)35)21(38-4)28-10-13)11-29-23(31-20)30-14-7-15(36-2)9-16(8-14)37-3/h5-11H,28H2,1-4H3,(H,33,36)(H,30,31,32);5-11H,1-4H3,(H,34,35)(H,29,30,31). The highest BCUT2D eigenvalue weighted by Gasteiger charge is 2.36. The Morgan fingerprint density at radius 1 is 0.532 bits per heavy atom. The van der Waals surface area contributed by atoms with Crippen LogP contribution in [-0.2, 0) is 12.4 Å². The second-order valence-electron chi connectivity index (χ2n) is 15.8. The van der Waals surface area contributed by atoms with Gasteiger partial charge in [0.2, 0.25) is 23.7 Å². The molecule has 6 aromatic heterocycles. The summed E-state index contributed by atoms with van der Waals surface area (Å²) in [5.41, 5.74) is 1.68. The number of aryl methyl sites for hydroxylation is 2. The van der Waals surface area contributed by atoms with Gasteiger partial charge in [0.25, 0.3) is 5.91 Å². The van der Waals surface area contributed by atoms with Gasteiger partial charge >= 0.3 is 18.3 Å². The number of carboxylic acids is 1. The Kier molecular flexibility index (Phi) is 16.2. The summed E-state index contributed by atoms with van der Waals surface area (Å²) in [6, 6.07) is 14.4. The molecule has 6 heterocycles. The topological polar surface area (TPSA) is 285 Å². The molecule has 29 heteroatoms. The Labute approximate surface area is 431 Å². The van der Waals surface area contributed by atoms with Crippen LogP contribution in [0.4, 0.5) is 49.6 Å². The highest BCUT2D eigenvalue weighted by atomic mass is 19.4. The van der Waals surface area contributed by atoms with Crippen LogP contribution in [0.15, 0.2) is 85.5 Å². The minimum atomic E-state index is -4.69. The Hall–Kier alpha value is -9.80. The lowest BCUT2D eigenvalue weighted by Gasteiger charge is -2.15. The maximum atomic E-state index is 13.5. The van der Waals surface area contributed by atoms with Gasteiger partial charge < -0.3 is 44.2 Å². The molecular weight excluding hydrogens is 1030 g/mol. The molecule has 0 bridgehead atoms. The number of aromatic carboxylic acids is 1. The molecular formula is C48H44F6N14O9. The molecule has 6 N–H and O–H groups in total. The quantitative estimate of drug-likeness (QED) is 0.0265. The van der Waals surface area contributed by atoms with E-state index in [1.807, 2.05) is 5.43 Å². The van der Waals surface area contributed by atoms with Crippen LogP contribution in [0.1, 0.15) is 43.5 Å². The smallest absolute Gasteiger partial charge is 0.435 e. The predicted octanol–water partition coefficient (Wildman–Crippen LogP) is 7.94. The summed E-state index contributed by atoms with van der Waals surface area (Å²) in [6.45, 7) is 2.89. The summed E-state index contributed by atoms with van der Waals surface area (Å²) in [5.74, 6) is 5.06. The number of nitrogen functional groups attached to an aromatic ring is 1. The summed E-state index contributed by atoms with van der Waals surface area (Å²) >= 11 is 0. The second-order valence-corrected chi connectivity index (χ2v) is 15.8. The molecule has 0 saturated heterocycles. The van der Waals surface area contributed by atoms with E-state index in [0.717, 1.165) is 21.5 Å². The van der Waals surface area contributed by atoms with Crippen molar-refractivity contribution >= 4 is 35.1 Å². The highest BCUT2D eigenvalue weighted by molar-refractivity contribution is 5.97. The van der Waals surface area contributed by atoms with Gasteiger partial charge in [-0.05, 0) is 38.1 Å². The van der Waals surface area contributed by atoms with Gasteiger partial charge in [0.1, 0.15) is 34.1 Å². The predicted molar refractivity (Wildman–Crippen MR) is 262 cm³/mol. The number of nitrogens with zero attached hydrogens (tertiary/aromatic N) is 10. The van der Waals surface area contributed by atoms with Crippen molar-refractivity contribution in [3.63, 3.8) is 0 Å². The largest absolute Gasteiger partial charge is 0.497 e. The summed E-state index contributed by atoms with van der Waals surface area (Å²) in [4.78, 5) is 49.6. The van der Waals surface area contributed by atoms with E-state index in [2.05, 4.69) is 50.7 Å². The molecule has 0 fully saturated rings. The van der Waals surface area contributed by atoms with E-state index in [0.29, 0.717) is 39.9 Å². The van der Waals surface area contributed by atoms with Crippen LogP contribution in [0.5, 0.6) is 34.8 Å². The Balaban J connectivity index is 0.000000224. The van der Waals surface area contributed by atoms with Gasteiger partial charge in [-0.3, -0.25) is 10.2 Å². The normalized spacial score (nSPS) is 11.2.